The first kappa shape index (κ1) is 33.6. The predicted molar refractivity (Wildman–Crippen MR) is 166 cm³/mol. The number of carbonyl (C=O) groups excluding carboxylic acids is 1. The molecule has 6 atom stereocenters. The van der Waals surface area contributed by atoms with Gasteiger partial charge in [-0.1, -0.05) is 99.8 Å². The van der Waals surface area contributed by atoms with Gasteiger partial charge in [-0.3, -0.25) is 4.79 Å². The Bertz CT molecular complexity index is 585. The van der Waals surface area contributed by atoms with Gasteiger partial charge in [0.25, 0.3) is 0 Å². The number of rotatable bonds is 18. The molecule has 0 aromatic carbocycles. The second-order valence-electron chi connectivity index (χ2n) is 14.5. The Balaban J connectivity index is 1.85. The number of hydrogen-bond donors (Lipinski definition) is 2. The maximum absolute atomic E-state index is 12.5. The van der Waals surface area contributed by atoms with Crippen LogP contribution in [0.25, 0.3) is 0 Å². The van der Waals surface area contributed by atoms with E-state index in [2.05, 4.69) is 53.8 Å². The lowest BCUT2D eigenvalue weighted by molar-refractivity contribution is -0.961. The fourth-order valence-electron chi connectivity index (χ4n) is 8.11. The highest BCUT2D eigenvalue weighted by molar-refractivity contribution is 5.75. The summed E-state index contributed by atoms with van der Waals surface area (Å²) in [5, 5.41) is 3.30. The average Bonchev–Trinajstić information content (AvgIpc) is 2.87. The van der Waals surface area contributed by atoms with E-state index in [0.29, 0.717) is 0 Å². The molecule has 2 fully saturated rings. The van der Waals surface area contributed by atoms with Crippen LogP contribution < -0.4 is 10.2 Å². The first-order valence-electron chi connectivity index (χ1n) is 17.4. The molecular weight excluding hydrogens is 464 g/mol. The number of hydrogen-bond acceptors (Lipinski definition) is 1. The Morgan fingerprint density at radius 3 is 1.66 bits per heavy atom. The molecule has 3 nitrogen and oxygen atoms in total. The van der Waals surface area contributed by atoms with Gasteiger partial charge in [0.1, 0.15) is 0 Å². The number of unbranched alkanes of at least 4 members (excludes halogenated alkanes) is 8. The van der Waals surface area contributed by atoms with Crippen LogP contribution >= 0.6 is 0 Å². The van der Waals surface area contributed by atoms with Crippen molar-refractivity contribution in [2.24, 2.45) is 35.5 Å². The van der Waals surface area contributed by atoms with E-state index >= 15 is 0 Å². The van der Waals surface area contributed by atoms with Gasteiger partial charge in [0, 0.05) is 44.1 Å². The fraction of sp³-hybridized carbons (Fsp3) is 0.971. The second kappa shape index (κ2) is 18.7. The summed E-state index contributed by atoms with van der Waals surface area (Å²) in [6.07, 6.45) is 22.1. The van der Waals surface area contributed by atoms with Gasteiger partial charge >= 0.3 is 0 Å². The van der Waals surface area contributed by atoms with Gasteiger partial charge in [0.05, 0.1) is 18.6 Å². The van der Waals surface area contributed by atoms with Crippen molar-refractivity contribution < 1.29 is 9.69 Å². The van der Waals surface area contributed by atoms with Crippen LogP contribution in [0.15, 0.2) is 0 Å². The summed E-state index contributed by atoms with van der Waals surface area (Å²) in [4.78, 5) is 14.5. The van der Waals surface area contributed by atoms with Crippen molar-refractivity contribution in [2.75, 3.05) is 13.1 Å². The predicted octanol–water partition coefficient (Wildman–Crippen LogP) is 8.22. The molecule has 2 aliphatic carbocycles. The Hall–Kier alpha value is -0.570. The molecular formula is C35H69N2O+. The van der Waals surface area contributed by atoms with Gasteiger partial charge in [0.15, 0.2) is 0 Å². The van der Waals surface area contributed by atoms with E-state index in [1.54, 1.807) is 0 Å². The molecule has 2 N–H and O–H groups in total. The summed E-state index contributed by atoms with van der Waals surface area (Å²) in [7, 11) is 0. The fourth-order valence-corrected chi connectivity index (χ4v) is 8.11. The first-order valence-corrected chi connectivity index (χ1v) is 17.4. The molecule has 0 spiro atoms. The van der Waals surface area contributed by atoms with Gasteiger partial charge < -0.3 is 10.2 Å². The highest BCUT2D eigenvalue weighted by Crippen LogP contribution is 2.36. The lowest BCUT2D eigenvalue weighted by Crippen LogP contribution is -3.21. The van der Waals surface area contributed by atoms with Crippen LogP contribution in [0.3, 0.4) is 0 Å². The minimum Gasteiger partial charge on any atom is -0.356 e. The minimum absolute atomic E-state index is 0.284. The molecule has 38 heavy (non-hydrogen) atoms. The highest BCUT2D eigenvalue weighted by atomic mass is 16.1. The number of amides is 1. The number of quaternary nitrogens is 1. The maximum Gasteiger partial charge on any atom is 0.219 e. The summed E-state index contributed by atoms with van der Waals surface area (Å²) >= 11 is 0. The largest absolute Gasteiger partial charge is 0.356 e. The van der Waals surface area contributed by atoms with Crippen molar-refractivity contribution in [2.45, 2.75) is 170 Å². The topological polar surface area (TPSA) is 33.5 Å². The number of nitrogens with one attached hydrogen (secondary N) is 2. The van der Waals surface area contributed by atoms with E-state index in [1.165, 1.54) is 96.4 Å². The van der Waals surface area contributed by atoms with Crippen LogP contribution in [-0.2, 0) is 4.79 Å². The van der Waals surface area contributed by atoms with Crippen molar-refractivity contribution in [3.05, 3.63) is 0 Å². The molecule has 0 heterocycles. The minimum atomic E-state index is 0.284. The SMILES string of the molecule is CCCCCCCCCCCC(=O)NCCC[NH+](C1CC(C)CCC1C(C)C)C1CC(C)CCC1C(C)C. The molecule has 0 aromatic rings. The molecule has 0 bridgehead atoms. The van der Waals surface area contributed by atoms with Crippen molar-refractivity contribution in [1.29, 1.82) is 0 Å². The third-order valence-corrected chi connectivity index (χ3v) is 10.5. The smallest absolute Gasteiger partial charge is 0.219 e. The van der Waals surface area contributed by atoms with Gasteiger partial charge in [-0.05, 0) is 55.8 Å². The molecule has 0 aliphatic heterocycles. The zero-order chi connectivity index (χ0) is 27.9. The second-order valence-corrected chi connectivity index (χ2v) is 14.5. The molecule has 0 aromatic heterocycles. The van der Waals surface area contributed by atoms with Crippen molar-refractivity contribution in [3.63, 3.8) is 0 Å². The van der Waals surface area contributed by atoms with E-state index in [1.807, 2.05) is 4.90 Å². The zero-order valence-electron chi connectivity index (χ0n) is 27.0. The van der Waals surface area contributed by atoms with Crippen LogP contribution in [-0.4, -0.2) is 31.1 Å². The Morgan fingerprint density at radius 2 is 1.18 bits per heavy atom. The standard InChI is InChI=1S/C35H68N2O/c1-8-9-10-11-12-13-14-15-16-18-35(38)36-23-17-24-37(33-25-29(6)19-21-31(33)27(2)3)34-26-30(7)20-22-32(34)28(4)5/h27-34H,8-26H2,1-7H3,(H,36,38)/p+1. The van der Waals surface area contributed by atoms with Gasteiger partial charge in [-0.25, -0.2) is 0 Å². The summed E-state index contributed by atoms with van der Waals surface area (Å²) in [5.41, 5.74) is 0. The molecule has 0 radical (unpaired) electrons. The lowest BCUT2D eigenvalue weighted by Gasteiger charge is -2.49. The monoisotopic (exact) mass is 534 g/mol. The first-order chi connectivity index (χ1) is 18.2. The van der Waals surface area contributed by atoms with E-state index < -0.39 is 0 Å². The molecule has 2 saturated carbocycles. The van der Waals surface area contributed by atoms with Crippen molar-refractivity contribution in [3.8, 4) is 0 Å². The van der Waals surface area contributed by atoms with Crippen LogP contribution in [0.4, 0.5) is 0 Å². The Kier molecular flexibility index (Phi) is 16.6. The van der Waals surface area contributed by atoms with E-state index in [0.717, 1.165) is 73.4 Å². The summed E-state index contributed by atoms with van der Waals surface area (Å²) in [5.74, 6) is 5.26. The third kappa shape index (κ3) is 11.9. The van der Waals surface area contributed by atoms with E-state index in [4.69, 9.17) is 0 Å². The van der Waals surface area contributed by atoms with Crippen LogP contribution in [0.5, 0.6) is 0 Å². The Labute approximate surface area is 239 Å². The Morgan fingerprint density at radius 1 is 0.711 bits per heavy atom. The number of carbonyl (C=O) groups is 1. The van der Waals surface area contributed by atoms with Gasteiger partial charge in [-0.15, -0.1) is 0 Å². The van der Waals surface area contributed by atoms with Crippen LogP contribution in [0, 0.1) is 35.5 Å². The quantitative estimate of drug-likeness (QED) is 0.171. The summed E-state index contributed by atoms with van der Waals surface area (Å²) in [6, 6.07) is 1.60. The zero-order valence-corrected chi connectivity index (χ0v) is 27.0. The van der Waals surface area contributed by atoms with Crippen molar-refractivity contribution in [1.82, 2.24) is 5.32 Å². The van der Waals surface area contributed by atoms with Gasteiger partial charge in [0.2, 0.25) is 5.91 Å². The molecule has 1 amide bonds. The molecule has 224 valence electrons. The third-order valence-electron chi connectivity index (χ3n) is 10.5. The maximum atomic E-state index is 12.5. The summed E-state index contributed by atoms with van der Waals surface area (Å²) < 4.78 is 0. The lowest BCUT2D eigenvalue weighted by atomic mass is 9.69. The molecule has 3 heteroatoms. The highest BCUT2D eigenvalue weighted by Gasteiger charge is 2.45. The van der Waals surface area contributed by atoms with Crippen molar-refractivity contribution >= 4 is 5.91 Å². The summed E-state index contributed by atoms with van der Waals surface area (Å²) in [6.45, 7) is 19.3. The molecule has 2 aliphatic rings. The molecule has 2 rings (SSSR count). The molecule has 0 saturated heterocycles. The van der Waals surface area contributed by atoms with E-state index in [9.17, 15) is 4.79 Å². The van der Waals surface area contributed by atoms with Crippen LogP contribution in [0.2, 0.25) is 0 Å². The molecule has 6 unspecified atom stereocenters. The normalized spacial score (nSPS) is 29.1. The van der Waals surface area contributed by atoms with Gasteiger partial charge in [-0.2, -0.15) is 0 Å². The average molecular weight is 534 g/mol. The van der Waals surface area contributed by atoms with E-state index in [-0.39, 0.29) is 5.91 Å². The van der Waals surface area contributed by atoms with Crippen LogP contribution in [0.1, 0.15) is 158 Å².